The van der Waals surface area contributed by atoms with Crippen LogP contribution in [0.2, 0.25) is 0 Å². The zero-order valence-electron chi connectivity index (χ0n) is 46.4. The fraction of sp³-hybridized carbons (Fsp3) is 0.138. The van der Waals surface area contributed by atoms with Gasteiger partial charge in [-0.1, -0.05) is 18.2 Å². The summed E-state index contributed by atoms with van der Waals surface area (Å²) in [5.41, 5.74) is 7.50. The molecule has 0 bridgehead atoms. The smallest absolute Gasteiger partial charge is 0.309 e. The van der Waals surface area contributed by atoms with Gasteiger partial charge in [0, 0.05) is 54.9 Å². The van der Waals surface area contributed by atoms with E-state index in [1.807, 2.05) is 139 Å². The molecule has 0 N–H and O–H groups in total. The van der Waals surface area contributed by atoms with Crippen molar-refractivity contribution in [3.63, 3.8) is 0 Å². The van der Waals surface area contributed by atoms with Crippen LogP contribution in [-0.2, 0) is 6.18 Å². The van der Waals surface area contributed by atoms with Crippen LogP contribution >= 0.6 is 0 Å². The predicted octanol–water partition coefficient (Wildman–Crippen LogP) is 13.9. The Morgan fingerprint density at radius 2 is 0.643 bits per heavy atom. The highest BCUT2D eigenvalue weighted by molar-refractivity contribution is 6.14. The van der Waals surface area contributed by atoms with Gasteiger partial charge in [0.25, 0.3) is 0 Å². The van der Waals surface area contributed by atoms with Gasteiger partial charge in [-0.3, -0.25) is 0 Å². The van der Waals surface area contributed by atoms with Crippen LogP contribution in [0.5, 0.6) is 0 Å². The summed E-state index contributed by atoms with van der Waals surface area (Å²) >= 11 is 0. The van der Waals surface area contributed by atoms with Crippen molar-refractivity contribution in [3.05, 3.63) is 191 Å². The maximum absolute atomic E-state index is 15.3. The van der Waals surface area contributed by atoms with Gasteiger partial charge in [-0.25, -0.2) is 59.8 Å². The molecule has 6 aromatic heterocycles. The molecule has 0 aliphatic rings. The van der Waals surface area contributed by atoms with E-state index in [0.717, 1.165) is 49.8 Å². The van der Waals surface area contributed by atoms with Crippen molar-refractivity contribution in [3.8, 4) is 91.3 Å². The van der Waals surface area contributed by atoms with Crippen molar-refractivity contribution in [2.45, 2.75) is 61.6 Å². The van der Waals surface area contributed by atoms with E-state index < -0.39 is 11.7 Å². The van der Waals surface area contributed by atoms with Crippen LogP contribution < -0.4 is 0 Å². The Hall–Kier alpha value is -11.1. The molecule has 0 fully saturated rings. The van der Waals surface area contributed by atoms with Crippen LogP contribution in [0.1, 0.15) is 63.3 Å². The summed E-state index contributed by atoms with van der Waals surface area (Å²) in [5, 5.41) is 23.8. The van der Waals surface area contributed by atoms with E-state index in [9.17, 15) is 10.5 Å². The molecule has 84 heavy (non-hydrogen) atoms. The lowest BCUT2D eigenvalue weighted by atomic mass is 9.92. The average molecular weight is 1110 g/mol. The van der Waals surface area contributed by atoms with Gasteiger partial charge in [-0.15, -0.1) is 0 Å². The number of aryl methyl sites for hydroxylation is 8. The van der Waals surface area contributed by atoms with Crippen molar-refractivity contribution in [1.29, 1.82) is 10.5 Å². The topological polar surface area (TPSA) is 212 Å². The molecule has 0 atom stereocenters. The van der Waals surface area contributed by atoms with Gasteiger partial charge in [-0.2, -0.15) is 23.7 Å². The first kappa shape index (κ1) is 52.3. The summed E-state index contributed by atoms with van der Waals surface area (Å²) in [6, 6.07) is 42.3. The van der Waals surface area contributed by atoms with Crippen molar-refractivity contribution in [1.82, 2.24) is 68.9 Å². The van der Waals surface area contributed by atoms with Crippen molar-refractivity contribution < 1.29 is 13.2 Å². The molecule has 13 rings (SSSR count). The lowest BCUT2D eigenvalue weighted by molar-refractivity contribution is -0.137. The summed E-state index contributed by atoms with van der Waals surface area (Å²) < 4.78 is 50.1. The average Bonchev–Trinajstić information content (AvgIpc) is 1.67. The van der Waals surface area contributed by atoms with Gasteiger partial charge in [-0.05, 0) is 176 Å². The Kier molecular flexibility index (Phi) is 12.4. The fourth-order valence-electron chi connectivity index (χ4n) is 11.3. The van der Waals surface area contributed by atoms with Crippen molar-refractivity contribution >= 4 is 43.6 Å². The molecule has 16 nitrogen and oxygen atoms in total. The second kappa shape index (κ2) is 19.9. The second-order valence-electron chi connectivity index (χ2n) is 20.6. The monoisotopic (exact) mass is 1110 g/mol. The number of fused-ring (bicyclic) bond motifs is 6. The van der Waals surface area contributed by atoms with Crippen LogP contribution in [0, 0.1) is 78.1 Å². The second-order valence-corrected chi connectivity index (χ2v) is 20.6. The summed E-state index contributed by atoms with van der Waals surface area (Å²) in [5.74, 6) is 6.42. The van der Waals surface area contributed by atoms with E-state index in [-0.39, 0.29) is 16.7 Å². The molecule has 0 aliphatic heterocycles. The molecule has 0 saturated carbocycles. The Balaban J connectivity index is 1.13. The highest BCUT2D eigenvalue weighted by Gasteiger charge is 2.35. The fourth-order valence-corrected chi connectivity index (χ4v) is 11.3. The molecule has 7 aromatic carbocycles. The van der Waals surface area contributed by atoms with Gasteiger partial charge in [0.2, 0.25) is 0 Å². The minimum atomic E-state index is -4.83. The third kappa shape index (κ3) is 9.23. The summed E-state index contributed by atoms with van der Waals surface area (Å²) in [6.07, 6.45) is -4.83. The number of alkyl halides is 3. The lowest BCUT2D eigenvalue weighted by Gasteiger charge is -2.21. The summed E-state index contributed by atoms with van der Waals surface area (Å²) in [7, 11) is 0. The summed E-state index contributed by atoms with van der Waals surface area (Å²) in [4.78, 5) is 55.4. The van der Waals surface area contributed by atoms with Gasteiger partial charge in [0.15, 0.2) is 23.3 Å². The third-order valence-corrected chi connectivity index (χ3v) is 14.7. The number of nitriles is 2. The standard InChI is InChI=1S/C65H45F3N16/c1-32-71-33(2)76-61(75-32)43-12-19-56-50(25-43)51-26-44(62-77-34(3)72-35(4)78-62)13-20-57(51)83(56)55-18-10-40(30-69)23-49(55)48-17-11-42(47-16-9-41(31-70)24-54(47)65(66,67)68)29-60(48)84-58-21-14-45(63-79-36(5)73-37(6)80-63)27-52(58)53-28-46(15-22-59(53)84)64-81-38(7)74-39(8)82-64/h9-29H,1-8H3. The minimum Gasteiger partial charge on any atom is -0.309 e. The Morgan fingerprint density at radius 3 is 1.00 bits per heavy atom. The van der Waals surface area contributed by atoms with E-state index in [0.29, 0.717) is 120 Å². The Labute approximate surface area is 477 Å². The van der Waals surface area contributed by atoms with E-state index in [1.165, 1.54) is 12.1 Å². The molecule has 6 heterocycles. The largest absolute Gasteiger partial charge is 0.417 e. The van der Waals surface area contributed by atoms with E-state index in [4.69, 9.17) is 39.9 Å². The zero-order chi connectivity index (χ0) is 58.5. The molecular formula is C65H45F3N16. The van der Waals surface area contributed by atoms with E-state index in [1.54, 1.807) is 24.3 Å². The zero-order valence-corrected chi connectivity index (χ0v) is 46.4. The predicted molar refractivity (Wildman–Crippen MR) is 314 cm³/mol. The molecule has 13 aromatic rings. The van der Waals surface area contributed by atoms with Gasteiger partial charge in [0.05, 0.1) is 62.3 Å². The van der Waals surface area contributed by atoms with E-state index in [2.05, 4.69) is 42.7 Å². The molecule has 0 unspecified atom stereocenters. The molecule has 19 heteroatoms. The van der Waals surface area contributed by atoms with E-state index >= 15 is 13.2 Å². The number of nitrogens with zero attached hydrogens (tertiary/aromatic N) is 16. The summed E-state index contributed by atoms with van der Waals surface area (Å²) in [6.45, 7) is 14.5. The number of hydrogen-bond donors (Lipinski definition) is 0. The highest BCUT2D eigenvalue weighted by atomic mass is 19.4. The molecule has 0 amide bonds. The third-order valence-electron chi connectivity index (χ3n) is 14.7. The van der Waals surface area contributed by atoms with Crippen LogP contribution in [-0.4, -0.2) is 68.9 Å². The molecule has 0 spiro atoms. The van der Waals surface area contributed by atoms with Crippen LogP contribution in [0.25, 0.3) is 123 Å². The Bertz CT molecular complexity index is 4750. The normalized spacial score (nSPS) is 11.7. The quantitative estimate of drug-likeness (QED) is 0.138. The van der Waals surface area contributed by atoms with Gasteiger partial charge < -0.3 is 9.13 Å². The van der Waals surface area contributed by atoms with Crippen LogP contribution in [0.15, 0.2) is 127 Å². The first-order valence-corrected chi connectivity index (χ1v) is 26.6. The highest BCUT2D eigenvalue weighted by Crippen LogP contribution is 2.46. The molecule has 406 valence electrons. The number of halogens is 3. The number of aromatic nitrogens is 14. The maximum Gasteiger partial charge on any atom is 0.417 e. The molecular weight excluding hydrogens is 1060 g/mol. The van der Waals surface area contributed by atoms with Gasteiger partial charge >= 0.3 is 6.18 Å². The number of rotatable bonds is 8. The van der Waals surface area contributed by atoms with Crippen LogP contribution in [0.3, 0.4) is 0 Å². The first-order valence-electron chi connectivity index (χ1n) is 26.6. The lowest BCUT2D eigenvalue weighted by Crippen LogP contribution is -2.08. The minimum absolute atomic E-state index is 0.132. The first-order chi connectivity index (χ1) is 40.4. The maximum atomic E-state index is 15.3. The van der Waals surface area contributed by atoms with Crippen LogP contribution in [0.4, 0.5) is 13.2 Å². The molecule has 0 aliphatic carbocycles. The molecule has 0 saturated heterocycles. The number of hydrogen-bond acceptors (Lipinski definition) is 14. The number of benzene rings is 7. The molecule has 0 radical (unpaired) electrons. The van der Waals surface area contributed by atoms with Gasteiger partial charge in [0.1, 0.15) is 46.6 Å². The Morgan fingerprint density at radius 1 is 0.321 bits per heavy atom. The SMILES string of the molecule is Cc1nc(C)nc(-c2ccc3c(c2)c2cc(-c4nc(C)nc(C)n4)ccc2n3-c2ccc(C#N)cc2-c2ccc(-c3ccc(C#N)cc3C(F)(F)F)cc2-n2c3ccc(-c4nc(C)nc(C)n4)cc3c3cc(-c4nc(C)nc(C)n4)ccc32)n1. The van der Waals surface area contributed by atoms with Crippen molar-refractivity contribution in [2.24, 2.45) is 0 Å². The van der Waals surface area contributed by atoms with Crippen molar-refractivity contribution in [2.75, 3.05) is 0 Å².